The lowest BCUT2D eigenvalue weighted by molar-refractivity contribution is -0.148. The molecular weight excluding hydrogens is 508 g/mol. The molecule has 1 aromatic rings. The summed E-state index contributed by atoms with van der Waals surface area (Å²) in [5.41, 5.74) is 3.20. The topological polar surface area (TPSA) is 132 Å². The molecule has 0 saturated heterocycles. The number of aromatic nitrogens is 3. The highest BCUT2D eigenvalue weighted by molar-refractivity contribution is 7.89. The van der Waals surface area contributed by atoms with Crippen molar-refractivity contribution in [2.45, 2.75) is 65.3 Å². The Bertz CT molecular complexity index is 1320. The third-order valence-electron chi connectivity index (χ3n) is 5.70. The molecule has 10 nitrogen and oxygen atoms in total. The van der Waals surface area contributed by atoms with Crippen molar-refractivity contribution in [2.24, 2.45) is 11.8 Å². The third-order valence-corrected chi connectivity index (χ3v) is 7.49. The first-order valence-electron chi connectivity index (χ1n) is 12.7. The van der Waals surface area contributed by atoms with Gasteiger partial charge in [0.2, 0.25) is 0 Å². The van der Waals surface area contributed by atoms with E-state index >= 15 is 0 Å². The van der Waals surface area contributed by atoms with Crippen LogP contribution in [0.2, 0.25) is 0 Å². The average molecular weight is 545 g/mol. The number of rotatable bonds is 11. The van der Waals surface area contributed by atoms with E-state index < -0.39 is 28.1 Å². The van der Waals surface area contributed by atoms with E-state index in [1.807, 2.05) is 40.7 Å². The highest BCUT2D eigenvalue weighted by Gasteiger charge is 2.42. The normalized spacial score (nSPS) is 12.6. The fourth-order valence-electron chi connectivity index (χ4n) is 4.00. The molecule has 0 spiro atoms. The molecule has 3 rings (SSSR count). The first-order valence-corrected chi connectivity index (χ1v) is 14.1. The van der Waals surface area contributed by atoms with Crippen LogP contribution in [0.25, 0.3) is 11.4 Å². The smallest absolute Gasteiger partial charge is 0.424 e. The number of esters is 1. The molecule has 0 aromatic heterocycles. The Hall–Kier alpha value is -3.47. The largest absolute Gasteiger partial charge is 0.464 e. The maximum Gasteiger partial charge on any atom is 0.424 e. The zero-order chi connectivity index (χ0) is 28.0. The highest BCUT2D eigenvalue weighted by atomic mass is 32.2. The number of ether oxygens (including phenoxy) is 2. The van der Waals surface area contributed by atoms with Crippen LogP contribution in [0.1, 0.15) is 58.1 Å². The van der Waals surface area contributed by atoms with Crippen LogP contribution in [0.4, 0.5) is 4.79 Å². The minimum absolute atomic E-state index is 0.00710. The SMILES string of the molecule is CCOC(=O)[C@H](CC(C)C)N(C(=O)OCC(C)C)S(=O)(=O)c1ccc(Cc2[nH]ccc3nc(C)nc2-3)cc1. The van der Waals surface area contributed by atoms with Gasteiger partial charge in [-0.2, -0.15) is 4.31 Å². The molecule has 2 heterocycles. The number of aromatic amines is 1. The number of amides is 1. The molecule has 206 valence electrons. The van der Waals surface area contributed by atoms with E-state index in [2.05, 4.69) is 15.0 Å². The van der Waals surface area contributed by atoms with Crippen molar-refractivity contribution in [3.05, 3.63) is 53.6 Å². The molecule has 0 aliphatic carbocycles. The van der Waals surface area contributed by atoms with Crippen molar-refractivity contribution >= 4 is 22.1 Å². The number of nitrogens with one attached hydrogen (secondary N) is 1. The van der Waals surface area contributed by atoms with Crippen LogP contribution in [0.5, 0.6) is 0 Å². The van der Waals surface area contributed by atoms with Gasteiger partial charge in [-0.1, -0.05) is 39.8 Å². The molecule has 1 N–H and O–H groups in total. The Kier molecular flexibility index (Phi) is 9.48. The Morgan fingerprint density at radius 1 is 1.00 bits per heavy atom. The quantitative estimate of drug-likeness (QED) is 0.347. The zero-order valence-electron chi connectivity index (χ0n) is 22.7. The second kappa shape index (κ2) is 12.4. The van der Waals surface area contributed by atoms with Crippen LogP contribution in [0.3, 0.4) is 0 Å². The Morgan fingerprint density at radius 3 is 2.29 bits per heavy atom. The fourth-order valence-corrected chi connectivity index (χ4v) is 5.46. The molecule has 1 atom stereocenters. The number of fused-ring (bicyclic) bond motifs is 1. The number of benzene rings is 1. The number of hydrogen-bond donors (Lipinski definition) is 1. The van der Waals surface area contributed by atoms with Gasteiger partial charge in [0.05, 0.1) is 23.8 Å². The van der Waals surface area contributed by atoms with Crippen molar-refractivity contribution in [3.8, 4) is 11.4 Å². The number of aryl methyl sites for hydroxylation is 1. The molecule has 2 aliphatic rings. The van der Waals surface area contributed by atoms with Gasteiger partial charge in [0.1, 0.15) is 17.6 Å². The van der Waals surface area contributed by atoms with E-state index in [4.69, 9.17) is 9.47 Å². The number of imidazole rings is 1. The maximum atomic E-state index is 13.8. The summed E-state index contributed by atoms with van der Waals surface area (Å²) in [6.45, 7) is 10.8. The van der Waals surface area contributed by atoms with E-state index in [0.29, 0.717) is 16.6 Å². The molecule has 11 heteroatoms. The van der Waals surface area contributed by atoms with Crippen molar-refractivity contribution in [1.29, 1.82) is 0 Å². The summed E-state index contributed by atoms with van der Waals surface area (Å²) in [4.78, 5) is 37.9. The first kappa shape index (κ1) is 29.1. The lowest BCUT2D eigenvalue weighted by Crippen LogP contribution is -2.50. The standard InChI is InChI=1S/C27H36N4O6S/c1-7-36-26(32)24(14-17(2)3)31(27(33)37-16-18(4)5)38(34,35)21-10-8-20(9-11-21)15-23-25-22(12-13-28-23)29-19(6)30-25/h8-13,17-18,24,28H,7,14-16H2,1-6H3/t24-/m0/s1. The number of H-pyrrole nitrogens is 1. The number of carbonyl (C=O) groups excluding carboxylic acids is 2. The van der Waals surface area contributed by atoms with Gasteiger partial charge in [-0.25, -0.2) is 28.0 Å². The van der Waals surface area contributed by atoms with E-state index in [1.54, 1.807) is 25.3 Å². The molecule has 0 radical (unpaired) electrons. The van der Waals surface area contributed by atoms with Gasteiger partial charge in [0, 0.05) is 18.3 Å². The molecule has 1 amide bonds. The van der Waals surface area contributed by atoms with Crippen LogP contribution in [-0.4, -0.2) is 59.0 Å². The van der Waals surface area contributed by atoms with E-state index in [-0.39, 0.29) is 36.4 Å². The minimum atomic E-state index is -4.45. The molecule has 2 aliphatic heterocycles. The molecular formula is C27H36N4O6S. The number of nitrogens with zero attached hydrogens (tertiary/aromatic N) is 3. The summed E-state index contributed by atoms with van der Waals surface area (Å²) < 4.78 is 38.6. The van der Waals surface area contributed by atoms with Crippen LogP contribution in [-0.2, 0) is 30.7 Å². The van der Waals surface area contributed by atoms with E-state index in [1.165, 1.54) is 12.1 Å². The van der Waals surface area contributed by atoms with Gasteiger partial charge in [0.15, 0.2) is 0 Å². The Labute approximate surface area is 224 Å². The van der Waals surface area contributed by atoms with E-state index in [0.717, 1.165) is 22.6 Å². The van der Waals surface area contributed by atoms with Crippen molar-refractivity contribution in [1.82, 2.24) is 19.3 Å². The number of pyridine rings is 1. The van der Waals surface area contributed by atoms with E-state index in [9.17, 15) is 18.0 Å². The van der Waals surface area contributed by atoms with Gasteiger partial charge in [-0.3, -0.25) is 0 Å². The molecule has 0 saturated carbocycles. The minimum Gasteiger partial charge on any atom is -0.464 e. The van der Waals surface area contributed by atoms with Gasteiger partial charge < -0.3 is 14.5 Å². The summed E-state index contributed by atoms with van der Waals surface area (Å²) >= 11 is 0. The Balaban J connectivity index is 1.95. The second-order valence-corrected chi connectivity index (χ2v) is 11.8. The van der Waals surface area contributed by atoms with Gasteiger partial charge >= 0.3 is 12.1 Å². The summed E-state index contributed by atoms with van der Waals surface area (Å²) in [7, 11) is -4.45. The monoisotopic (exact) mass is 544 g/mol. The number of hydrogen-bond acceptors (Lipinski definition) is 8. The Morgan fingerprint density at radius 2 is 1.68 bits per heavy atom. The van der Waals surface area contributed by atoms with Gasteiger partial charge in [-0.05, 0) is 55.9 Å². The predicted molar refractivity (Wildman–Crippen MR) is 142 cm³/mol. The number of sulfonamides is 1. The van der Waals surface area contributed by atoms with Crippen molar-refractivity contribution in [2.75, 3.05) is 13.2 Å². The first-order chi connectivity index (χ1) is 17.9. The van der Waals surface area contributed by atoms with Gasteiger partial charge in [0.25, 0.3) is 10.0 Å². The van der Waals surface area contributed by atoms with Crippen LogP contribution in [0, 0.1) is 18.8 Å². The average Bonchev–Trinajstić information content (AvgIpc) is 3.23. The predicted octanol–water partition coefficient (Wildman–Crippen LogP) is 4.57. The molecule has 0 bridgehead atoms. The van der Waals surface area contributed by atoms with Crippen LogP contribution >= 0.6 is 0 Å². The summed E-state index contributed by atoms with van der Waals surface area (Å²) in [5.74, 6) is -0.239. The number of carbonyl (C=O) groups is 2. The van der Waals surface area contributed by atoms with Crippen molar-refractivity contribution < 1.29 is 27.5 Å². The van der Waals surface area contributed by atoms with Crippen LogP contribution in [0.15, 0.2) is 41.4 Å². The summed E-state index contributed by atoms with van der Waals surface area (Å²) in [6, 6.07) is 6.67. The van der Waals surface area contributed by atoms with Gasteiger partial charge in [-0.15, -0.1) is 0 Å². The lowest BCUT2D eigenvalue weighted by atomic mass is 10.0. The second-order valence-electron chi connectivity index (χ2n) is 9.95. The molecule has 0 fully saturated rings. The zero-order valence-corrected chi connectivity index (χ0v) is 23.5. The molecule has 1 aromatic carbocycles. The fraction of sp³-hybridized carbons (Fsp3) is 0.481. The third kappa shape index (κ3) is 6.89. The van der Waals surface area contributed by atoms with Crippen molar-refractivity contribution in [3.63, 3.8) is 0 Å². The van der Waals surface area contributed by atoms with Crippen LogP contribution < -0.4 is 0 Å². The summed E-state index contributed by atoms with van der Waals surface area (Å²) in [6.07, 6.45) is 1.24. The highest BCUT2D eigenvalue weighted by Crippen LogP contribution is 2.27. The molecule has 0 unspecified atom stereocenters. The summed E-state index contributed by atoms with van der Waals surface area (Å²) in [5, 5.41) is 0. The maximum absolute atomic E-state index is 13.8. The molecule has 38 heavy (non-hydrogen) atoms. The lowest BCUT2D eigenvalue weighted by Gasteiger charge is -2.30.